The smallest absolute Gasteiger partial charge is 0.872 e. The standard InChI is InChI=1S/C28H42O2S.C4H10N.Ni/c1-25(2,3)17-27(7,8)19-11-13-21(29)23(15-19)31-24-16-20(12-14-22(24)30)28(9,10)18-26(4,5)6;1-4(2,3)5;/h11-16,29-30H,17-18H2,1-10H3;5H,1-3H3;/q;-1;+3/p-2. The Bertz CT molecular complexity index is 927. The van der Waals surface area contributed by atoms with E-state index in [1.54, 1.807) is 12.1 Å². The Hall–Kier alpha value is -1.16. The molecule has 0 atom stereocenters. The molecule has 0 aliphatic heterocycles. The van der Waals surface area contributed by atoms with Crippen LogP contribution >= 0.6 is 11.8 Å². The summed E-state index contributed by atoms with van der Waals surface area (Å²) in [4.78, 5) is 1.25. The molecule has 37 heavy (non-hydrogen) atoms. The predicted octanol–water partition coefficient (Wildman–Crippen LogP) is 9.25. The largest absolute Gasteiger partial charge is 3.00 e. The van der Waals surface area contributed by atoms with Gasteiger partial charge < -0.3 is 15.9 Å². The SMILES string of the molecule is CC(C)(C)CC(C)(C)c1ccc([O-])c(Sc2cc(C(C)(C)CC(C)(C)C)ccc2[O-])c1.CC(C)(C)[NH-].[Ni+3]. The van der Waals surface area contributed by atoms with Crippen molar-refractivity contribution in [1.82, 2.24) is 0 Å². The molecule has 0 aliphatic carbocycles. The van der Waals surface area contributed by atoms with Gasteiger partial charge in [-0.05, 0) is 57.8 Å². The van der Waals surface area contributed by atoms with E-state index < -0.39 is 0 Å². The minimum atomic E-state index is -0.250. The van der Waals surface area contributed by atoms with Crippen LogP contribution in [0.5, 0.6) is 11.5 Å². The zero-order valence-corrected chi connectivity index (χ0v) is 27.2. The van der Waals surface area contributed by atoms with Gasteiger partial charge >= 0.3 is 16.5 Å². The number of nitrogens with one attached hydrogen (secondary N) is 1. The number of benzene rings is 2. The monoisotopic (exact) mass is 570 g/mol. The molecular formula is C32H50NNiO2S. The van der Waals surface area contributed by atoms with Gasteiger partial charge in [-0.1, -0.05) is 138 Å². The Kier molecular flexibility index (Phi) is 12.4. The third kappa shape index (κ3) is 13.5. The molecule has 1 N–H and O–H groups in total. The second-order valence-electron chi connectivity index (χ2n) is 14.9. The molecule has 2 aromatic carbocycles. The van der Waals surface area contributed by atoms with Gasteiger partial charge in [0.05, 0.1) is 0 Å². The van der Waals surface area contributed by atoms with E-state index in [-0.39, 0.29) is 55.2 Å². The fourth-order valence-electron chi connectivity index (χ4n) is 4.99. The Balaban J connectivity index is 0.00000196. The van der Waals surface area contributed by atoms with Gasteiger partial charge in [0.25, 0.3) is 0 Å². The van der Waals surface area contributed by atoms with Gasteiger partial charge in [-0.15, -0.1) is 5.54 Å². The van der Waals surface area contributed by atoms with Crippen LogP contribution in [0, 0.1) is 10.8 Å². The maximum absolute atomic E-state index is 12.6. The van der Waals surface area contributed by atoms with E-state index in [9.17, 15) is 10.2 Å². The molecule has 0 bridgehead atoms. The fourth-order valence-corrected chi connectivity index (χ4v) is 5.94. The van der Waals surface area contributed by atoms with Crippen LogP contribution in [0.3, 0.4) is 0 Å². The molecule has 0 saturated heterocycles. The van der Waals surface area contributed by atoms with Crippen LogP contribution in [-0.2, 0) is 27.3 Å². The number of hydrogen-bond donors (Lipinski definition) is 0. The van der Waals surface area contributed by atoms with E-state index in [0.29, 0.717) is 9.79 Å². The molecule has 0 amide bonds. The molecule has 0 unspecified atom stereocenters. The molecule has 3 nitrogen and oxygen atoms in total. The molecule has 0 aromatic heterocycles. The van der Waals surface area contributed by atoms with Crippen molar-refractivity contribution in [1.29, 1.82) is 0 Å². The van der Waals surface area contributed by atoms with Gasteiger partial charge in [0.1, 0.15) is 0 Å². The number of hydrogen-bond acceptors (Lipinski definition) is 3. The van der Waals surface area contributed by atoms with Crippen LogP contribution in [0.2, 0.25) is 0 Å². The first-order valence-electron chi connectivity index (χ1n) is 13.0. The summed E-state index contributed by atoms with van der Waals surface area (Å²) in [5, 5.41) is 25.3. The summed E-state index contributed by atoms with van der Waals surface area (Å²) in [6, 6.07) is 11.2. The summed E-state index contributed by atoms with van der Waals surface area (Å²) < 4.78 is 0. The molecule has 211 valence electrons. The van der Waals surface area contributed by atoms with E-state index in [2.05, 4.69) is 69.2 Å². The van der Waals surface area contributed by atoms with E-state index >= 15 is 0 Å². The minimum Gasteiger partial charge on any atom is -0.872 e. The second-order valence-corrected chi connectivity index (χ2v) is 16.0. The molecule has 0 spiro atoms. The van der Waals surface area contributed by atoms with Crippen molar-refractivity contribution in [2.45, 2.75) is 129 Å². The average molecular weight is 572 g/mol. The third-order valence-electron chi connectivity index (χ3n) is 5.61. The molecule has 0 saturated carbocycles. The minimum absolute atomic E-state index is 0. The van der Waals surface area contributed by atoms with Gasteiger partial charge in [0, 0.05) is 9.79 Å². The van der Waals surface area contributed by atoms with Crippen molar-refractivity contribution in [3.63, 3.8) is 0 Å². The van der Waals surface area contributed by atoms with Crippen molar-refractivity contribution in [2.75, 3.05) is 0 Å². The van der Waals surface area contributed by atoms with Crippen LogP contribution in [0.1, 0.15) is 114 Å². The van der Waals surface area contributed by atoms with Gasteiger partial charge in [-0.2, -0.15) is 0 Å². The molecule has 2 rings (SSSR count). The molecule has 2 aromatic rings. The van der Waals surface area contributed by atoms with Crippen molar-refractivity contribution < 1.29 is 26.7 Å². The maximum atomic E-state index is 12.6. The van der Waals surface area contributed by atoms with Crippen LogP contribution in [0.15, 0.2) is 46.2 Å². The Labute approximate surface area is 242 Å². The first-order valence-corrected chi connectivity index (χ1v) is 13.8. The summed E-state index contributed by atoms with van der Waals surface area (Å²) in [6.07, 6.45) is 2.01. The van der Waals surface area contributed by atoms with Crippen LogP contribution in [0.4, 0.5) is 0 Å². The summed E-state index contributed by atoms with van der Waals surface area (Å²) in [7, 11) is 0. The van der Waals surface area contributed by atoms with Gasteiger partial charge in [-0.3, -0.25) is 0 Å². The Morgan fingerprint density at radius 3 is 1.11 bits per heavy atom. The Morgan fingerprint density at radius 1 is 0.595 bits per heavy atom. The van der Waals surface area contributed by atoms with Gasteiger partial charge in [0.2, 0.25) is 0 Å². The summed E-state index contributed by atoms with van der Waals surface area (Å²) in [6.45, 7) is 27.9. The fraction of sp³-hybridized carbons (Fsp3) is 0.625. The van der Waals surface area contributed by atoms with E-state index in [1.807, 2.05) is 45.0 Å². The third-order valence-corrected chi connectivity index (χ3v) is 6.69. The van der Waals surface area contributed by atoms with Crippen LogP contribution in [-0.4, -0.2) is 5.54 Å². The summed E-state index contributed by atoms with van der Waals surface area (Å²) in [5.41, 5.74) is 9.22. The molecule has 1 radical (unpaired) electrons. The average Bonchev–Trinajstić information content (AvgIpc) is 2.59. The first-order chi connectivity index (χ1) is 15.9. The van der Waals surface area contributed by atoms with Crippen LogP contribution < -0.4 is 10.2 Å². The molecular weight excluding hydrogens is 521 g/mol. The summed E-state index contributed by atoms with van der Waals surface area (Å²) >= 11 is 1.31. The van der Waals surface area contributed by atoms with Crippen molar-refractivity contribution in [3.8, 4) is 11.5 Å². The van der Waals surface area contributed by atoms with E-state index in [0.717, 1.165) is 24.0 Å². The van der Waals surface area contributed by atoms with Crippen molar-refractivity contribution in [2.24, 2.45) is 10.8 Å². The molecule has 0 aliphatic rings. The quantitative estimate of drug-likeness (QED) is 0.325. The van der Waals surface area contributed by atoms with E-state index in [1.165, 1.54) is 11.8 Å². The molecule has 0 fully saturated rings. The second kappa shape index (κ2) is 12.8. The van der Waals surface area contributed by atoms with Crippen molar-refractivity contribution in [3.05, 3.63) is 53.3 Å². The van der Waals surface area contributed by atoms with Crippen LogP contribution in [0.25, 0.3) is 5.73 Å². The van der Waals surface area contributed by atoms with Crippen molar-refractivity contribution >= 4 is 11.8 Å². The summed E-state index contributed by atoms with van der Waals surface area (Å²) in [5.74, 6) is -0.0573. The van der Waals surface area contributed by atoms with Gasteiger partial charge in [0.15, 0.2) is 0 Å². The molecule has 0 heterocycles. The van der Waals surface area contributed by atoms with E-state index in [4.69, 9.17) is 5.73 Å². The first kappa shape index (κ1) is 35.8. The topological polar surface area (TPSA) is 69.9 Å². The normalized spacial score (nSPS) is 12.9. The Morgan fingerprint density at radius 2 is 0.865 bits per heavy atom. The number of rotatable bonds is 6. The van der Waals surface area contributed by atoms with Gasteiger partial charge in [-0.25, -0.2) is 0 Å². The maximum Gasteiger partial charge on any atom is 3.00 e. The predicted molar refractivity (Wildman–Crippen MR) is 154 cm³/mol. The zero-order valence-electron chi connectivity index (χ0n) is 25.4. The molecule has 5 heteroatoms. The zero-order chi connectivity index (χ0) is 28.3.